The molecule has 0 bridgehead atoms. The van der Waals surface area contributed by atoms with Crippen molar-refractivity contribution in [2.45, 2.75) is 26.2 Å². The molecule has 23 heavy (non-hydrogen) atoms. The Bertz CT molecular complexity index is 712. The lowest BCUT2D eigenvalue weighted by atomic mass is 10.1. The zero-order valence-electron chi connectivity index (χ0n) is 13.6. The van der Waals surface area contributed by atoms with E-state index in [4.69, 9.17) is 0 Å². The van der Waals surface area contributed by atoms with Gasteiger partial charge in [0.1, 0.15) is 0 Å². The molecule has 1 N–H and O–H groups in total. The summed E-state index contributed by atoms with van der Waals surface area (Å²) in [4.78, 5) is 0. The molecule has 0 saturated heterocycles. The van der Waals surface area contributed by atoms with Crippen LogP contribution in [0.15, 0.2) is 78.9 Å². The minimum atomic E-state index is 1.12. The molecule has 3 aromatic carbocycles. The summed E-state index contributed by atoms with van der Waals surface area (Å²) < 4.78 is 0. The standard InChI is InChI=1S/C22H23N/c1-2-3-7-18-10-14-21(15-11-18)23-22-16-12-20(13-17-22)19-8-5-4-6-9-19/h4-6,8-17,23H,2-3,7H2,1H3. The second kappa shape index (κ2) is 7.64. The zero-order valence-corrected chi connectivity index (χ0v) is 13.6. The van der Waals surface area contributed by atoms with E-state index >= 15 is 0 Å². The number of hydrogen-bond donors (Lipinski definition) is 1. The Morgan fingerprint density at radius 2 is 1.22 bits per heavy atom. The number of anilines is 2. The summed E-state index contributed by atoms with van der Waals surface area (Å²) in [6.45, 7) is 2.23. The maximum atomic E-state index is 3.47. The molecule has 0 heterocycles. The second-order valence-electron chi connectivity index (χ2n) is 5.87. The van der Waals surface area contributed by atoms with Crippen molar-refractivity contribution in [3.8, 4) is 11.1 Å². The van der Waals surface area contributed by atoms with Crippen molar-refractivity contribution in [1.82, 2.24) is 0 Å². The highest BCUT2D eigenvalue weighted by Crippen LogP contribution is 2.23. The van der Waals surface area contributed by atoms with Crippen LogP contribution in [0, 0.1) is 0 Å². The Kier molecular flexibility index (Phi) is 5.10. The van der Waals surface area contributed by atoms with Gasteiger partial charge in [-0.15, -0.1) is 0 Å². The lowest BCUT2D eigenvalue weighted by Crippen LogP contribution is -1.91. The van der Waals surface area contributed by atoms with Gasteiger partial charge >= 0.3 is 0 Å². The van der Waals surface area contributed by atoms with Gasteiger partial charge in [-0.05, 0) is 53.8 Å². The van der Waals surface area contributed by atoms with E-state index in [1.54, 1.807) is 0 Å². The highest BCUT2D eigenvalue weighted by atomic mass is 14.9. The Labute approximate surface area is 139 Å². The van der Waals surface area contributed by atoms with Gasteiger partial charge in [0.25, 0.3) is 0 Å². The van der Waals surface area contributed by atoms with E-state index in [-0.39, 0.29) is 0 Å². The summed E-state index contributed by atoms with van der Waals surface area (Å²) in [7, 11) is 0. The fourth-order valence-corrected chi connectivity index (χ4v) is 2.68. The summed E-state index contributed by atoms with van der Waals surface area (Å²) in [5.41, 5.74) is 6.16. The van der Waals surface area contributed by atoms with Crippen molar-refractivity contribution >= 4 is 11.4 Å². The van der Waals surface area contributed by atoms with Gasteiger partial charge in [0.15, 0.2) is 0 Å². The van der Waals surface area contributed by atoms with Crippen molar-refractivity contribution in [2.75, 3.05) is 5.32 Å². The Hall–Kier alpha value is -2.54. The number of rotatable bonds is 6. The molecule has 3 rings (SSSR count). The smallest absolute Gasteiger partial charge is 0.0384 e. The molecule has 0 aromatic heterocycles. The first-order valence-electron chi connectivity index (χ1n) is 8.36. The number of benzene rings is 3. The molecule has 0 aliphatic carbocycles. The van der Waals surface area contributed by atoms with E-state index < -0.39 is 0 Å². The van der Waals surface area contributed by atoms with Crippen LogP contribution in [-0.2, 0) is 6.42 Å². The lowest BCUT2D eigenvalue weighted by Gasteiger charge is -2.09. The topological polar surface area (TPSA) is 12.0 Å². The summed E-state index contributed by atoms with van der Waals surface area (Å²) >= 11 is 0. The molecule has 0 unspecified atom stereocenters. The van der Waals surface area contributed by atoms with E-state index in [0.29, 0.717) is 0 Å². The van der Waals surface area contributed by atoms with Crippen LogP contribution in [0.1, 0.15) is 25.3 Å². The third-order valence-electron chi connectivity index (χ3n) is 4.05. The highest BCUT2D eigenvalue weighted by Gasteiger charge is 1.99. The average Bonchev–Trinajstić information content (AvgIpc) is 2.62. The van der Waals surface area contributed by atoms with Gasteiger partial charge in [-0.1, -0.05) is 67.9 Å². The molecule has 0 atom stereocenters. The third-order valence-corrected chi connectivity index (χ3v) is 4.05. The average molecular weight is 301 g/mol. The first-order chi connectivity index (χ1) is 11.3. The van der Waals surface area contributed by atoms with Crippen molar-refractivity contribution in [1.29, 1.82) is 0 Å². The predicted molar refractivity (Wildman–Crippen MR) is 100 cm³/mol. The Morgan fingerprint density at radius 3 is 1.83 bits per heavy atom. The quantitative estimate of drug-likeness (QED) is 0.552. The summed E-state index contributed by atoms with van der Waals surface area (Å²) in [6, 6.07) is 27.8. The maximum Gasteiger partial charge on any atom is 0.0384 e. The fraction of sp³-hybridized carbons (Fsp3) is 0.182. The van der Waals surface area contributed by atoms with Crippen molar-refractivity contribution < 1.29 is 0 Å². The molecule has 0 saturated carbocycles. The first-order valence-corrected chi connectivity index (χ1v) is 8.36. The highest BCUT2D eigenvalue weighted by molar-refractivity contribution is 5.68. The van der Waals surface area contributed by atoms with Gasteiger partial charge in [-0.2, -0.15) is 0 Å². The van der Waals surface area contributed by atoms with Crippen molar-refractivity contribution in [3.05, 3.63) is 84.4 Å². The van der Waals surface area contributed by atoms with Crippen molar-refractivity contribution in [3.63, 3.8) is 0 Å². The molecular weight excluding hydrogens is 278 g/mol. The first kappa shape index (κ1) is 15.4. The van der Waals surface area contributed by atoms with E-state index in [9.17, 15) is 0 Å². The van der Waals surface area contributed by atoms with Gasteiger partial charge in [0, 0.05) is 11.4 Å². The van der Waals surface area contributed by atoms with Crippen LogP contribution in [-0.4, -0.2) is 0 Å². The fourth-order valence-electron chi connectivity index (χ4n) is 2.68. The molecule has 0 spiro atoms. The molecule has 1 heteroatoms. The minimum absolute atomic E-state index is 1.12. The largest absolute Gasteiger partial charge is 0.356 e. The Balaban J connectivity index is 1.66. The summed E-state index contributed by atoms with van der Waals surface area (Å²) in [5.74, 6) is 0. The molecule has 0 aliphatic rings. The maximum absolute atomic E-state index is 3.47. The van der Waals surface area contributed by atoms with Gasteiger partial charge in [0.05, 0.1) is 0 Å². The molecule has 0 amide bonds. The van der Waals surface area contributed by atoms with Gasteiger partial charge in [-0.3, -0.25) is 0 Å². The summed E-state index contributed by atoms with van der Waals surface area (Å²) in [5, 5.41) is 3.47. The van der Waals surface area contributed by atoms with Gasteiger partial charge in [0.2, 0.25) is 0 Å². The van der Waals surface area contributed by atoms with E-state index in [1.807, 2.05) is 6.07 Å². The number of aryl methyl sites for hydroxylation is 1. The van der Waals surface area contributed by atoms with Crippen LogP contribution < -0.4 is 5.32 Å². The van der Waals surface area contributed by atoms with E-state index in [1.165, 1.54) is 36.0 Å². The normalized spacial score (nSPS) is 10.5. The van der Waals surface area contributed by atoms with Crippen LogP contribution >= 0.6 is 0 Å². The molecule has 1 nitrogen and oxygen atoms in total. The predicted octanol–water partition coefficient (Wildman–Crippen LogP) is 6.44. The molecule has 116 valence electrons. The van der Waals surface area contributed by atoms with Crippen LogP contribution in [0.4, 0.5) is 11.4 Å². The van der Waals surface area contributed by atoms with Crippen LogP contribution in [0.25, 0.3) is 11.1 Å². The van der Waals surface area contributed by atoms with Crippen LogP contribution in [0.3, 0.4) is 0 Å². The monoisotopic (exact) mass is 301 g/mol. The second-order valence-corrected chi connectivity index (χ2v) is 5.87. The van der Waals surface area contributed by atoms with Crippen LogP contribution in [0.5, 0.6) is 0 Å². The van der Waals surface area contributed by atoms with Gasteiger partial charge in [-0.25, -0.2) is 0 Å². The number of unbranched alkanes of at least 4 members (excludes halogenated alkanes) is 1. The molecular formula is C22H23N. The van der Waals surface area contributed by atoms with Gasteiger partial charge < -0.3 is 5.32 Å². The number of hydrogen-bond acceptors (Lipinski definition) is 1. The van der Waals surface area contributed by atoms with Crippen LogP contribution in [0.2, 0.25) is 0 Å². The minimum Gasteiger partial charge on any atom is -0.356 e. The molecule has 0 fully saturated rings. The molecule has 0 radical (unpaired) electrons. The number of nitrogens with one attached hydrogen (secondary N) is 1. The lowest BCUT2D eigenvalue weighted by molar-refractivity contribution is 0.795. The zero-order chi connectivity index (χ0) is 15.9. The molecule has 0 aliphatic heterocycles. The van der Waals surface area contributed by atoms with E-state index in [0.717, 1.165) is 11.4 Å². The third kappa shape index (κ3) is 4.23. The van der Waals surface area contributed by atoms with Crippen molar-refractivity contribution in [2.24, 2.45) is 0 Å². The summed E-state index contributed by atoms with van der Waals surface area (Å²) in [6.07, 6.45) is 3.67. The molecule has 3 aromatic rings. The Morgan fingerprint density at radius 1 is 0.652 bits per heavy atom. The van der Waals surface area contributed by atoms with E-state index in [2.05, 4.69) is 85.0 Å². The SMILES string of the molecule is CCCCc1ccc(Nc2ccc(-c3ccccc3)cc2)cc1.